The van der Waals surface area contributed by atoms with Crippen molar-refractivity contribution in [2.45, 2.75) is 66.5 Å². The van der Waals surface area contributed by atoms with Gasteiger partial charge in [-0.25, -0.2) is 0 Å². The first-order valence-corrected chi connectivity index (χ1v) is 8.52. The maximum absolute atomic E-state index is 5.74. The zero-order valence-corrected chi connectivity index (χ0v) is 14.8. The number of likely N-dealkylation sites (tertiary alicyclic amines) is 1. The highest BCUT2D eigenvalue weighted by atomic mass is 16.5. The third-order valence-corrected chi connectivity index (χ3v) is 4.32. The molecule has 1 fully saturated rings. The van der Waals surface area contributed by atoms with E-state index in [1.807, 2.05) is 6.92 Å². The molecule has 1 aromatic heterocycles. The fourth-order valence-electron chi connectivity index (χ4n) is 2.74. The van der Waals surface area contributed by atoms with Crippen molar-refractivity contribution in [2.24, 2.45) is 11.3 Å². The van der Waals surface area contributed by atoms with Gasteiger partial charge in [0.2, 0.25) is 5.89 Å². The molecule has 22 heavy (non-hydrogen) atoms. The molecule has 1 atom stereocenters. The zero-order chi connectivity index (χ0) is 16.2. The SMILES string of the molecule is CC(C)CO[C@H](C)c1noc(CN2CCCC(C)(C)CC2)n1. The summed E-state index contributed by atoms with van der Waals surface area (Å²) in [7, 11) is 0. The molecule has 0 bridgehead atoms. The molecule has 0 aliphatic carbocycles. The minimum atomic E-state index is -0.108. The summed E-state index contributed by atoms with van der Waals surface area (Å²) in [5.41, 5.74) is 0.452. The van der Waals surface area contributed by atoms with Gasteiger partial charge in [-0.2, -0.15) is 4.98 Å². The maximum Gasteiger partial charge on any atom is 0.240 e. The summed E-state index contributed by atoms with van der Waals surface area (Å²) >= 11 is 0. The van der Waals surface area contributed by atoms with Crippen LogP contribution in [0.2, 0.25) is 0 Å². The van der Waals surface area contributed by atoms with Gasteiger partial charge in [0.15, 0.2) is 5.82 Å². The van der Waals surface area contributed by atoms with Crippen molar-refractivity contribution >= 4 is 0 Å². The number of nitrogens with zero attached hydrogens (tertiary/aromatic N) is 3. The fourth-order valence-corrected chi connectivity index (χ4v) is 2.74. The van der Waals surface area contributed by atoms with E-state index >= 15 is 0 Å². The van der Waals surface area contributed by atoms with Crippen LogP contribution in [-0.2, 0) is 11.3 Å². The first-order valence-electron chi connectivity index (χ1n) is 8.52. The zero-order valence-electron chi connectivity index (χ0n) is 14.8. The highest BCUT2D eigenvalue weighted by molar-refractivity contribution is 4.90. The minimum Gasteiger partial charge on any atom is -0.370 e. The normalized spacial score (nSPS) is 21.0. The topological polar surface area (TPSA) is 51.4 Å². The molecule has 5 nitrogen and oxygen atoms in total. The highest BCUT2D eigenvalue weighted by Crippen LogP contribution is 2.30. The van der Waals surface area contributed by atoms with Gasteiger partial charge in [-0.1, -0.05) is 32.9 Å². The lowest BCUT2D eigenvalue weighted by atomic mass is 9.85. The predicted molar refractivity (Wildman–Crippen MR) is 86.4 cm³/mol. The first kappa shape index (κ1) is 17.4. The van der Waals surface area contributed by atoms with Crippen molar-refractivity contribution in [3.8, 4) is 0 Å². The maximum atomic E-state index is 5.74. The molecule has 2 rings (SSSR count). The molecule has 0 amide bonds. The largest absolute Gasteiger partial charge is 0.370 e. The molecule has 1 aliphatic rings. The first-order chi connectivity index (χ1) is 10.4. The number of rotatable bonds is 6. The molecule has 0 unspecified atom stereocenters. The van der Waals surface area contributed by atoms with Crippen LogP contribution in [0, 0.1) is 11.3 Å². The van der Waals surface area contributed by atoms with E-state index in [-0.39, 0.29) is 6.10 Å². The molecule has 0 N–H and O–H groups in total. The van der Waals surface area contributed by atoms with Crippen molar-refractivity contribution < 1.29 is 9.26 Å². The molecule has 0 radical (unpaired) electrons. The van der Waals surface area contributed by atoms with Crippen LogP contribution in [0.1, 0.15) is 71.7 Å². The Morgan fingerprint density at radius 2 is 2.00 bits per heavy atom. The average molecular weight is 309 g/mol. The molecular weight excluding hydrogens is 278 g/mol. The van der Waals surface area contributed by atoms with Crippen LogP contribution in [-0.4, -0.2) is 34.7 Å². The summed E-state index contributed by atoms with van der Waals surface area (Å²) in [4.78, 5) is 6.93. The van der Waals surface area contributed by atoms with Gasteiger partial charge >= 0.3 is 0 Å². The lowest BCUT2D eigenvalue weighted by Gasteiger charge is -2.22. The van der Waals surface area contributed by atoms with Crippen LogP contribution in [0.4, 0.5) is 0 Å². The third kappa shape index (κ3) is 5.36. The van der Waals surface area contributed by atoms with Gasteiger partial charge in [-0.15, -0.1) is 0 Å². The Hall–Kier alpha value is -0.940. The monoisotopic (exact) mass is 309 g/mol. The van der Waals surface area contributed by atoms with Crippen LogP contribution in [0.15, 0.2) is 4.52 Å². The van der Waals surface area contributed by atoms with Crippen LogP contribution in [0.3, 0.4) is 0 Å². The summed E-state index contributed by atoms with van der Waals surface area (Å²) in [6.45, 7) is 14.6. The lowest BCUT2D eigenvalue weighted by molar-refractivity contribution is 0.0402. The van der Waals surface area contributed by atoms with Crippen molar-refractivity contribution in [3.63, 3.8) is 0 Å². The Morgan fingerprint density at radius 1 is 1.23 bits per heavy atom. The van der Waals surface area contributed by atoms with Crippen molar-refractivity contribution in [1.82, 2.24) is 15.0 Å². The predicted octanol–water partition coefficient (Wildman–Crippen LogP) is 3.82. The highest BCUT2D eigenvalue weighted by Gasteiger charge is 2.24. The number of hydrogen-bond acceptors (Lipinski definition) is 5. The van der Waals surface area contributed by atoms with Crippen LogP contribution in [0.5, 0.6) is 0 Å². The van der Waals surface area contributed by atoms with E-state index in [0.29, 0.717) is 29.7 Å². The average Bonchev–Trinajstić information content (AvgIpc) is 2.83. The molecule has 2 heterocycles. The van der Waals surface area contributed by atoms with E-state index in [4.69, 9.17) is 9.26 Å². The molecule has 0 saturated carbocycles. The summed E-state index contributed by atoms with van der Waals surface area (Å²) < 4.78 is 11.1. The Kier molecular flexibility index (Phi) is 5.98. The Bertz CT molecular complexity index is 457. The van der Waals surface area contributed by atoms with Crippen LogP contribution >= 0.6 is 0 Å². The van der Waals surface area contributed by atoms with Crippen molar-refractivity contribution in [3.05, 3.63) is 11.7 Å². The second kappa shape index (κ2) is 7.55. The van der Waals surface area contributed by atoms with E-state index in [1.165, 1.54) is 19.3 Å². The number of hydrogen-bond donors (Lipinski definition) is 0. The second-order valence-electron chi connectivity index (χ2n) is 7.71. The molecule has 1 aromatic rings. The van der Waals surface area contributed by atoms with Gasteiger partial charge in [0, 0.05) is 6.61 Å². The van der Waals surface area contributed by atoms with E-state index in [2.05, 4.69) is 42.7 Å². The molecule has 0 aromatic carbocycles. The Balaban J connectivity index is 1.86. The third-order valence-electron chi connectivity index (χ3n) is 4.32. The number of aromatic nitrogens is 2. The minimum absolute atomic E-state index is 0.108. The summed E-state index contributed by atoms with van der Waals surface area (Å²) in [6.07, 6.45) is 3.64. The van der Waals surface area contributed by atoms with Gasteiger partial charge in [-0.3, -0.25) is 4.90 Å². The van der Waals surface area contributed by atoms with Gasteiger partial charge in [-0.05, 0) is 50.6 Å². The molecular formula is C17H31N3O2. The van der Waals surface area contributed by atoms with Crippen molar-refractivity contribution in [1.29, 1.82) is 0 Å². The fraction of sp³-hybridized carbons (Fsp3) is 0.882. The lowest BCUT2D eigenvalue weighted by Crippen LogP contribution is -2.25. The molecule has 126 valence electrons. The van der Waals surface area contributed by atoms with Gasteiger partial charge in [0.1, 0.15) is 6.10 Å². The second-order valence-corrected chi connectivity index (χ2v) is 7.71. The standard InChI is InChI=1S/C17H31N3O2/c1-13(2)12-21-14(3)16-18-15(22-19-16)11-20-9-6-7-17(4,5)8-10-20/h13-14H,6-12H2,1-5H3/t14-/m1/s1. The van der Waals surface area contributed by atoms with E-state index in [0.717, 1.165) is 19.6 Å². The quantitative estimate of drug-likeness (QED) is 0.799. The van der Waals surface area contributed by atoms with E-state index in [9.17, 15) is 0 Å². The van der Waals surface area contributed by atoms with E-state index < -0.39 is 0 Å². The molecule has 1 aliphatic heterocycles. The number of ether oxygens (including phenoxy) is 1. The van der Waals surface area contributed by atoms with Gasteiger partial charge < -0.3 is 9.26 Å². The summed E-state index contributed by atoms with van der Waals surface area (Å²) in [5.74, 6) is 1.87. The van der Waals surface area contributed by atoms with Crippen LogP contribution < -0.4 is 0 Å². The summed E-state index contributed by atoms with van der Waals surface area (Å²) in [6, 6.07) is 0. The van der Waals surface area contributed by atoms with Crippen LogP contribution in [0.25, 0.3) is 0 Å². The van der Waals surface area contributed by atoms with Gasteiger partial charge in [0.25, 0.3) is 0 Å². The molecule has 0 spiro atoms. The Labute approximate surface area is 134 Å². The Morgan fingerprint density at radius 3 is 2.73 bits per heavy atom. The van der Waals surface area contributed by atoms with Crippen molar-refractivity contribution in [2.75, 3.05) is 19.7 Å². The smallest absolute Gasteiger partial charge is 0.240 e. The van der Waals surface area contributed by atoms with Gasteiger partial charge in [0.05, 0.1) is 6.54 Å². The summed E-state index contributed by atoms with van der Waals surface area (Å²) in [5, 5.41) is 4.07. The molecule has 5 heteroatoms. The molecule has 1 saturated heterocycles. The van der Waals surface area contributed by atoms with E-state index in [1.54, 1.807) is 0 Å².